The number of aromatic hydroxyl groups is 1. The number of hydrogen-bond acceptors (Lipinski definition) is 2. The third-order valence-corrected chi connectivity index (χ3v) is 4.82. The highest BCUT2D eigenvalue weighted by molar-refractivity contribution is 5.75. The molecule has 2 aliphatic rings. The van der Waals surface area contributed by atoms with Crippen LogP contribution in [0.5, 0.6) is 5.75 Å². The van der Waals surface area contributed by atoms with Crippen molar-refractivity contribution < 1.29 is 9.90 Å². The third-order valence-electron chi connectivity index (χ3n) is 4.82. The summed E-state index contributed by atoms with van der Waals surface area (Å²) < 4.78 is 0. The molecule has 1 fully saturated rings. The van der Waals surface area contributed by atoms with Gasteiger partial charge in [-0.1, -0.05) is 36.4 Å². The quantitative estimate of drug-likeness (QED) is 0.896. The van der Waals surface area contributed by atoms with E-state index in [1.54, 1.807) is 12.1 Å². The second-order valence-electron chi connectivity index (χ2n) is 6.43. The van der Waals surface area contributed by atoms with E-state index in [-0.39, 0.29) is 17.8 Å². The number of urea groups is 1. The Bertz CT molecular complexity index is 729. The predicted octanol–water partition coefficient (Wildman–Crippen LogP) is 3.02. The van der Waals surface area contributed by atoms with Crippen LogP contribution in [0, 0.1) is 0 Å². The maximum absolute atomic E-state index is 12.5. The van der Waals surface area contributed by atoms with Crippen LogP contribution in [0.2, 0.25) is 0 Å². The minimum atomic E-state index is 0.00224. The summed E-state index contributed by atoms with van der Waals surface area (Å²) in [7, 11) is 0. The number of rotatable bonds is 2. The summed E-state index contributed by atoms with van der Waals surface area (Å²) in [6.45, 7) is 1.30. The lowest BCUT2D eigenvalue weighted by atomic mass is 10.00. The summed E-state index contributed by atoms with van der Waals surface area (Å²) in [5.74, 6) is 0.707. The Balaban J connectivity index is 1.38. The number of nitrogens with one attached hydrogen (secondary N) is 1. The topological polar surface area (TPSA) is 52.6 Å². The predicted molar refractivity (Wildman–Crippen MR) is 88.3 cm³/mol. The highest BCUT2D eigenvalue weighted by Gasteiger charge is 2.40. The van der Waals surface area contributed by atoms with E-state index in [1.165, 1.54) is 11.1 Å². The molecule has 0 unspecified atom stereocenters. The van der Waals surface area contributed by atoms with Gasteiger partial charge in [-0.3, -0.25) is 0 Å². The summed E-state index contributed by atoms with van der Waals surface area (Å²) in [4.78, 5) is 14.3. The van der Waals surface area contributed by atoms with Gasteiger partial charge in [0.2, 0.25) is 0 Å². The number of nitrogens with zero attached hydrogens (tertiary/aromatic N) is 1. The molecule has 4 rings (SSSR count). The molecule has 0 aromatic heterocycles. The van der Waals surface area contributed by atoms with Crippen LogP contribution >= 0.6 is 0 Å². The van der Waals surface area contributed by atoms with Crippen molar-refractivity contribution in [2.75, 3.05) is 6.54 Å². The molecule has 2 aromatic carbocycles. The van der Waals surface area contributed by atoms with E-state index >= 15 is 0 Å². The molecule has 4 nitrogen and oxygen atoms in total. The Morgan fingerprint density at radius 2 is 1.96 bits per heavy atom. The molecule has 118 valence electrons. The minimum absolute atomic E-state index is 0.00224. The van der Waals surface area contributed by atoms with Crippen molar-refractivity contribution in [3.8, 4) is 5.75 Å². The number of hydrogen-bond donors (Lipinski definition) is 2. The van der Waals surface area contributed by atoms with Gasteiger partial charge in [0.15, 0.2) is 0 Å². The molecule has 1 aliphatic carbocycles. The van der Waals surface area contributed by atoms with E-state index in [2.05, 4.69) is 17.4 Å². The first-order valence-electron chi connectivity index (χ1n) is 8.12. The van der Waals surface area contributed by atoms with Crippen molar-refractivity contribution in [2.24, 2.45) is 0 Å². The molecule has 0 spiro atoms. The first kappa shape index (κ1) is 14.1. The lowest BCUT2D eigenvalue weighted by molar-refractivity contribution is 0.191. The average Bonchev–Trinajstić information content (AvgIpc) is 3.34. The lowest BCUT2D eigenvalue weighted by Crippen LogP contribution is -2.43. The van der Waals surface area contributed by atoms with Crippen molar-refractivity contribution in [3.63, 3.8) is 0 Å². The molecule has 0 bridgehead atoms. The number of phenols is 1. The van der Waals surface area contributed by atoms with Crippen LogP contribution in [-0.2, 0) is 13.0 Å². The molecule has 1 heterocycles. The number of benzene rings is 2. The molecule has 1 saturated carbocycles. The van der Waals surface area contributed by atoms with Gasteiger partial charge >= 0.3 is 6.03 Å². The molecular formula is C19H20N2O2. The fourth-order valence-corrected chi connectivity index (χ4v) is 3.39. The lowest BCUT2D eigenvalue weighted by Gasteiger charge is -2.29. The molecule has 0 radical (unpaired) electrons. The van der Waals surface area contributed by atoms with E-state index in [9.17, 15) is 9.90 Å². The fraction of sp³-hybridized carbons (Fsp3) is 0.316. The van der Waals surface area contributed by atoms with E-state index in [0.29, 0.717) is 12.5 Å². The SMILES string of the molecule is O=C(N[C@H]1C[C@@H]1c1ccccc1)N1CCc2ccc(O)cc2C1. The maximum Gasteiger partial charge on any atom is 0.317 e. The number of carbonyl (C=O) groups is 1. The van der Waals surface area contributed by atoms with Crippen LogP contribution in [0.15, 0.2) is 48.5 Å². The zero-order valence-electron chi connectivity index (χ0n) is 12.9. The summed E-state index contributed by atoms with van der Waals surface area (Å²) in [5, 5.41) is 12.8. The summed E-state index contributed by atoms with van der Waals surface area (Å²) in [5.41, 5.74) is 3.56. The van der Waals surface area contributed by atoms with Crippen molar-refractivity contribution in [3.05, 3.63) is 65.2 Å². The number of amides is 2. The maximum atomic E-state index is 12.5. The zero-order valence-corrected chi connectivity index (χ0v) is 12.9. The van der Waals surface area contributed by atoms with Gasteiger partial charge in [0.05, 0.1) is 0 Å². The molecule has 2 amide bonds. The Morgan fingerprint density at radius 3 is 2.78 bits per heavy atom. The van der Waals surface area contributed by atoms with Crippen molar-refractivity contribution in [2.45, 2.75) is 31.3 Å². The first-order chi connectivity index (χ1) is 11.2. The molecule has 4 heteroatoms. The zero-order chi connectivity index (χ0) is 15.8. The Morgan fingerprint density at radius 1 is 1.13 bits per heavy atom. The third kappa shape index (κ3) is 2.89. The van der Waals surface area contributed by atoms with Gasteiger partial charge in [-0.25, -0.2) is 4.79 Å². The molecule has 2 atom stereocenters. The second-order valence-corrected chi connectivity index (χ2v) is 6.43. The van der Waals surface area contributed by atoms with Crippen molar-refractivity contribution >= 4 is 6.03 Å². The van der Waals surface area contributed by atoms with Gasteiger partial charge in [0, 0.05) is 25.0 Å². The van der Waals surface area contributed by atoms with Gasteiger partial charge in [0.1, 0.15) is 5.75 Å². The van der Waals surface area contributed by atoms with Crippen molar-refractivity contribution in [1.82, 2.24) is 10.2 Å². The van der Waals surface area contributed by atoms with Gasteiger partial charge in [0.25, 0.3) is 0 Å². The monoisotopic (exact) mass is 308 g/mol. The van der Waals surface area contributed by atoms with Gasteiger partial charge in [-0.15, -0.1) is 0 Å². The molecule has 1 aliphatic heterocycles. The smallest absolute Gasteiger partial charge is 0.317 e. The van der Waals surface area contributed by atoms with Crippen LogP contribution in [-0.4, -0.2) is 28.6 Å². The average molecular weight is 308 g/mol. The van der Waals surface area contributed by atoms with Crippen LogP contribution in [0.3, 0.4) is 0 Å². The highest BCUT2D eigenvalue weighted by atomic mass is 16.3. The first-order valence-corrected chi connectivity index (χ1v) is 8.12. The van der Waals surface area contributed by atoms with Crippen LogP contribution in [0.25, 0.3) is 0 Å². The van der Waals surface area contributed by atoms with E-state index < -0.39 is 0 Å². The largest absolute Gasteiger partial charge is 0.508 e. The van der Waals surface area contributed by atoms with Gasteiger partial charge in [-0.05, 0) is 41.7 Å². The summed E-state index contributed by atoms with van der Waals surface area (Å²) in [6.07, 6.45) is 1.86. The van der Waals surface area contributed by atoms with E-state index in [4.69, 9.17) is 0 Å². The normalized spacial score (nSPS) is 22.3. The van der Waals surface area contributed by atoms with Crippen LogP contribution in [0.4, 0.5) is 4.79 Å². The van der Waals surface area contributed by atoms with Gasteiger partial charge in [-0.2, -0.15) is 0 Å². The Labute approximate surface area is 135 Å². The highest BCUT2D eigenvalue weighted by Crippen LogP contribution is 2.40. The molecular weight excluding hydrogens is 288 g/mol. The van der Waals surface area contributed by atoms with Crippen LogP contribution < -0.4 is 5.32 Å². The van der Waals surface area contributed by atoms with E-state index in [1.807, 2.05) is 29.2 Å². The van der Waals surface area contributed by atoms with E-state index in [0.717, 1.165) is 24.9 Å². The summed E-state index contributed by atoms with van der Waals surface area (Å²) >= 11 is 0. The molecule has 0 saturated heterocycles. The molecule has 2 N–H and O–H groups in total. The van der Waals surface area contributed by atoms with Gasteiger partial charge < -0.3 is 15.3 Å². The number of fused-ring (bicyclic) bond motifs is 1. The number of phenolic OH excluding ortho intramolecular Hbond substituents is 1. The minimum Gasteiger partial charge on any atom is -0.508 e. The molecule has 23 heavy (non-hydrogen) atoms. The molecule has 2 aromatic rings. The van der Waals surface area contributed by atoms with Crippen LogP contribution in [0.1, 0.15) is 29.0 Å². The standard InChI is InChI=1S/C19H20N2O2/c22-16-7-6-13-8-9-21(12-15(13)10-16)19(23)20-18-11-17(18)14-4-2-1-3-5-14/h1-7,10,17-18,22H,8-9,11-12H2,(H,20,23)/t17-,18+/m1/s1. The summed E-state index contributed by atoms with van der Waals surface area (Å²) in [6, 6.07) is 16.0. The fourth-order valence-electron chi connectivity index (χ4n) is 3.39. The number of carbonyl (C=O) groups excluding carboxylic acids is 1. The Hall–Kier alpha value is -2.49. The Kier molecular flexibility index (Phi) is 3.45. The second kappa shape index (κ2) is 5.61. The van der Waals surface area contributed by atoms with Crippen molar-refractivity contribution in [1.29, 1.82) is 0 Å².